The minimum absolute atomic E-state index is 0.298. The fourth-order valence-corrected chi connectivity index (χ4v) is 2.42. The monoisotopic (exact) mass is 227 g/mol. The number of thiophene rings is 1. The first kappa shape index (κ1) is 12.7. The number of hydrogen-bond acceptors (Lipinski definition) is 3. The Morgan fingerprint density at radius 2 is 2.13 bits per heavy atom. The van der Waals surface area contributed by atoms with E-state index in [1.54, 1.807) is 0 Å². The molecule has 0 aliphatic carbocycles. The van der Waals surface area contributed by atoms with Crippen LogP contribution in [0.4, 0.5) is 0 Å². The van der Waals surface area contributed by atoms with E-state index in [0.29, 0.717) is 12.1 Å². The van der Waals surface area contributed by atoms with Crippen LogP contribution in [0.15, 0.2) is 12.1 Å². The summed E-state index contributed by atoms with van der Waals surface area (Å²) in [5.41, 5.74) is 0. The van der Waals surface area contributed by atoms with Gasteiger partial charge in [-0.2, -0.15) is 0 Å². The molecule has 0 radical (unpaired) electrons. The summed E-state index contributed by atoms with van der Waals surface area (Å²) in [5, 5.41) is 3.30. The smallest absolute Gasteiger partial charge is 0.0672 e. The van der Waals surface area contributed by atoms with Gasteiger partial charge in [-0.3, -0.25) is 0 Å². The third-order valence-corrected chi connectivity index (χ3v) is 3.66. The maximum Gasteiger partial charge on any atom is 0.0672 e. The first-order valence-corrected chi connectivity index (χ1v) is 6.36. The van der Waals surface area contributed by atoms with Crippen LogP contribution in [0.5, 0.6) is 0 Å². The second-order valence-electron chi connectivity index (χ2n) is 3.88. The Labute approximate surface area is 96.7 Å². The summed E-state index contributed by atoms with van der Waals surface area (Å²) in [6.45, 7) is 7.07. The Balaban J connectivity index is 2.57. The molecule has 1 heterocycles. The molecule has 86 valence electrons. The van der Waals surface area contributed by atoms with Crippen molar-refractivity contribution in [3.63, 3.8) is 0 Å². The van der Waals surface area contributed by atoms with Crippen LogP contribution in [0.2, 0.25) is 0 Å². The van der Waals surface area contributed by atoms with Gasteiger partial charge in [0.05, 0.1) is 18.8 Å². The lowest BCUT2D eigenvalue weighted by atomic mass is 10.2. The lowest BCUT2D eigenvalue weighted by Gasteiger charge is -2.16. The van der Waals surface area contributed by atoms with Crippen LogP contribution >= 0.6 is 11.3 Å². The van der Waals surface area contributed by atoms with Gasteiger partial charge < -0.3 is 10.1 Å². The van der Waals surface area contributed by atoms with Crippen LogP contribution in [-0.4, -0.2) is 19.8 Å². The SMILES string of the molecule is CCc1ccc(C(COC(C)C)NC)s1. The minimum Gasteiger partial charge on any atom is -0.377 e. The van der Waals surface area contributed by atoms with Gasteiger partial charge in [-0.05, 0) is 39.4 Å². The third-order valence-electron chi connectivity index (χ3n) is 2.32. The Bertz CT molecular complexity index is 283. The molecule has 3 heteroatoms. The van der Waals surface area contributed by atoms with E-state index in [1.165, 1.54) is 9.75 Å². The van der Waals surface area contributed by atoms with E-state index < -0.39 is 0 Å². The normalized spacial score (nSPS) is 13.4. The summed E-state index contributed by atoms with van der Waals surface area (Å²) in [5.74, 6) is 0. The van der Waals surface area contributed by atoms with E-state index in [4.69, 9.17) is 4.74 Å². The van der Waals surface area contributed by atoms with Crippen LogP contribution in [0, 0.1) is 0 Å². The van der Waals surface area contributed by atoms with Crippen molar-refractivity contribution >= 4 is 11.3 Å². The first-order valence-electron chi connectivity index (χ1n) is 5.54. The zero-order valence-corrected chi connectivity index (χ0v) is 10.9. The van der Waals surface area contributed by atoms with Crippen molar-refractivity contribution in [1.82, 2.24) is 5.32 Å². The minimum atomic E-state index is 0.298. The van der Waals surface area contributed by atoms with E-state index >= 15 is 0 Å². The van der Waals surface area contributed by atoms with Crippen molar-refractivity contribution in [2.24, 2.45) is 0 Å². The van der Waals surface area contributed by atoms with Crippen molar-refractivity contribution in [3.8, 4) is 0 Å². The molecule has 0 saturated carbocycles. The fraction of sp³-hybridized carbons (Fsp3) is 0.667. The van der Waals surface area contributed by atoms with E-state index in [1.807, 2.05) is 18.4 Å². The summed E-state index contributed by atoms with van der Waals surface area (Å²) >= 11 is 1.87. The lowest BCUT2D eigenvalue weighted by molar-refractivity contribution is 0.0632. The Kier molecular flexibility index (Phi) is 5.29. The highest BCUT2D eigenvalue weighted by molar-refractivity contribution is 7.12. The molecule has 0 spiro atoms. The molecular weight excluding hydrogens is 206 g/mol. The molecule has 1 atom stereocenters. The molecule has 0 aromatic carbocycles. The Hall–Kier alpha value is -0.380. The predicted octanol–water partition coefficient (Wildman–Crippen LogP) is 3.00. The van der Waals surface area contributed by atoms with Gasteiger partial charge in [-0.1, -0.05) is 6.92 Å². The first-order chi connectivity index (χ1) is 7.17. The second kappa shape index (κ2) is 6.26. The van der Waals surface area contributed by atoms with Crippen molar-refractivity contribution in [1.29, 1.82) is 0 Å². The van der Waals surface area contributed by atoms with E-state index in [-0.39, 0.29) is 0 Å². The summed E-state index contributed by atoms with van der Waals surface area (Å²) in [6, 6.07) is 4.74. The van der Waals surface area contributed by atoms with Crippen molar-refractivity contribution in [2.45, 2.75) is 39.3 Å². The maximum absolute atomic E-state index is 5.64. The number of likely N-dealkylation sites (N-methyl/N-ethyl adjacent to an activating group) is 1. The highest BCUT2D eigenvalue weighted by atomic mass is 32.1. The molecular formula is C12H21NOS. The van der Waals surface area contributed by atoms with E-state index in [9.17, 15) is 0 Å². The molecule has 1 rings (SSSR count). The quantitative estimate of drug-likeness (QED) is 0.806. The van der Waals surface area contributed by atoms with Crippen molar-refractivity contribution < 1.29 is 4.74 Å². The summed E-state index contributed by atoms with van der Waals surface area (Å²) in [7, 11) is 1.99. The molecule has 0 bridgehead atoms. The molecule has 0 aliphatic heterocycles. The number of hydrogen-bond donors (Lipinski definition) is 1. The summed E-state index contributed by atoms with van der Waals surface area (Å²) in [4.78, 5) is 2.81. The number of nitrogens with one attached hydrogen (secondary N) is 1. The highest BCUT2D eigenvalue weighted by Gasteiger charge is 2.12. The molecule has 0 amide bonds. The van der Waals surface area contributed by atoms with Gasteiger partial charge in [0.2, 0.25) is 0 Å². The van der Waals surface area contributed by atoms with Gasteiger partial charge in [0.15, 0.2) is 0 Å². The molecule has 1 N–H and O–H groups in total. The van der Waals surface area contributed by atoms with Crippen LogP contribution < -0.4 is 5.32 Å². The maximum atomic E-state index is 5.64. The average molecular weight is 227 g/mol. The van der Waals surface area contributed by atoms with Gasteiger partial charge in [0, 0.05) is 9.75 Å². The van der Waals surface area contributed by atoms with Gasteiger partial charge in [0.1, 0.15) is 0 Å². The molecule has 1 unspecified atom stereocenters. The zero-order valence-electron chi connectivity index (χ0n) is 10.0. The van der Waals surface area contributed by atoms with Crippen LogP contribution in [0.1, 0.15) is 36.6 Å². The largest absolute Gasteiger partial charge is 0.377 e. The van der Waals surface area contributed by atoms with Crippen molar-refractivity contribution in [2.75, 3.05) is 13.7 Å². The van der Waals surface area contributed by atoms with E-state index in [0.717, 1.165) is 13.0 Å². The number of ether oxygens (including phenoxy) is 1. The van der Waals surface area contributed by atoms with E-state index in [2.05, 4.69) is 38.2 Å². The number of rotatable bonds is 6. The van der Waals surface area contributed by atoms with Gasteiger partial charge in [0.25, 0.3) is 0 Å². The standard InChI is InChI=1S/C12H21NOS/c1-5-10-6-7-12(15-10)11(13-4)8-14-9(2)3/h6-7,9,11,13H,5,8H2,1-4H3. The number of aryl methyl sites for hydroxylation is 1. The summed E-state index contributed by atoms with van der Waals surface area (Å²) in [6.07, 6.45) is 1.41. The second-order valence-corrected chi connectivity index (χ2v) is 5.08. The Morgan fingerprint density at radius 1 is 1.40 bits per heavy atom. The fourth-order valence-electron chi connectivity index (χ4n) is 1.37. The van der Waals surface area contributed by atoms with Crippen molar-refractivity contribution in [3.05, 3.63) is 21.9 Å². The van der Waals surface area contributed by atoms with Crippen LogP contribution in [0.3, 0.4) is 0 Å². The molecule has 0 fully saturated rings. The van der Waals surface area contributed by atoms with Gasteiger partial charge in [-0.15, -0.1) is 11.3 Å². The molecule has 15 heavy (non-hydrogen) atoms. The predicted molar refractivity (Wildman–Crippen MR) is 66.6 cm³/mol. The lowest BCUT2D eigenvalue weighted by Crippen LogP contribution is -2.22. The third kappa shape index (κ3) is 3.93. The summed E-state index contributed by atoms with van der Waals surface area (Å²) < 4.78 is 5.64. The topological polar surface area (TPSA) is 21.3 Å². The zero-order chi connectivity index (χ0) is 11.3. The average Bonchev–Trinajstić information content (AvgIpc) is 2.67. The molecule has 0 saturated heterocycles. The molecule has 0 aliphatic rings. The van der Waals surface area contributed by atoms with Gasteiger partial charge in [-0.25, -0.2) is 0 Å². The Morgan fingerprint density at radius 3 is 2.60 bits per heavy atom. The van der Waals surface area contributed by atoms with Crippen LogP contribution in [-0.2, 0) is 11.2 Å². The molecule has 2 nitrogen and oxygen atoms in total. The molecule has 1 aromatic heterocycles. The van der Waals surface area contributed by atoms with Gasteiger partial charge >= 0.3 is 0 Å². The molecule has 1 aromatic rings. The van der Waals surface area contributed by atoms with Crippen LogP contribution in [0.25, 0.3) is 0 Å². The highest BCUT2D eigenvalue weighted by Crippen LogP contribution is 2.24.